The van der Waals surface area contributed by atoms with Gasteiger partial charge < -0.3 is 35.0 Å². The van der Waals surface area contributed by atoms with E-state index in [4.69, 9.17) is 19.0 Å². The molecule has 0 bridgehead atoms. The molecule has 0 heterocycles. The van der Waals surface area contributed by atoms with Crippen molar-refractivity contribution in [3.05, 3.63) is 48.6 Å². The summed E-state index contributed by atoms with van der Waals surface area (Å²) in [5, 5.41) is 10.3. The van der Waals surface area contributed by atoms with E-state index in [9.17, 15) is 0 Å². The van der Waals surface area contributed by atoms with Crippen molar-refractivity contribution in [3.63, 3.8) is 0 Å². The minimum Gasteiger partial charge on any atom is -0.377 e. The first-order valence-electron chi connectivity index (χ1n) is 10.9. The van der Waals surface area contributed by atoms with Crippen molar-refractivity contribution in [2.45, 2.75) is 37.9 Å². The first-order valence-corrected chi connectivity index (χ1v) is 12.9. The highest BCUT2D eigenvalue weighted by Crippen LogP contribution is 2.18. The van der Waals surface area contributed by atoms with Crippen LogP contribution in [0.5, 0.6) is 0 Å². The van der Waals surface area contributed by atoms with Crippen LogP contribution in [0.4, 0.5) is 0 Å². The number of hydrogen-bond acceptors (Lipinski definition) is 7. The molecule has 0 spiro atoms. The Morgan fingerprint density at radius 3 is 2.47 bits per heavy atom. The molecule has 1 atom stereocenters. The van der Waals surface area contributed by atoms with Crippen LogP contribution in [0.3, 0.4) is 0 Å². The first-order chi connectivity index (χ1) is 14.7. The molecule has 1 aromatic carbocycles. The van der Waals surface area contributed by atoms with Crippen molar-refractivity contribution < 1.29 is 13.3 Å². The van der Waals surface area contributed by atoms with E-state index < -0.39 is 8.80 Å². The maximum atomic E-state index is 6.09. The second-order valence-electron chi connectivity index (χ2n) is 7.18. The van der Waals surface area contributed by atoms with E-state index in [2.05, 4.69) is 46.8 Å². The quantitative estimate of drug-likeness (QED) is 0.140. The summed E-state index contributed by atoms with van der Waals surface area (Å²) < 4.78 is 17.5. The maximum absolute atomic E-state index is 6.09. The molecule has 1 aromatic rings. The molecular formula is C22H42N4O3Si. The number of nitrogens with two attached hydrogens (primary N) is 1. The van der Waals surface area contributed by atoms with Crippen LogP contribution in [-0.4, -0.2) is 68.4 Å². The Kier molecular flexibility index (Phi) is 15.8. The Labute approximate surface area is 184 Å². The van der Waals surface area contributed by atoms with Crippen LogP contribution in [0, 0.1) is 0 Å². The Hall–Kier alpha value is -1.10. The smallest absolute Gasteiger partial charge is 0.377 e. The third kappa shape index (κ3) is 11.9. The standard InChI is InChI=1S/C22H42N4O3Si/c1-4-22(26-17-16-25-20-21-10-6-5-7-11-21)12-19-30(27-2,28-3)29-18-9-8-14-24-15-13-23/h4-7,10-11,22,24-26H,1,8-9,12-20,23H2,2-3H3. The Balaban J connectivity index is 2.24. The van der Waals surface area contributed by atoms with E-state index in [0.717, 1.165) is 58.0 Å². The summed E-state index contributed by atoms with van der Waals surface area (Å²) in [6.07, 6.45) is 4.83. The molecule has 0 aliphatic heterocycles. The number of nitrogens with one attached hydrogen (secondary N) is 3. The fourth-order valence-corrected chi connectivity index (χ4v) is 5.17. The summed E-state index contributed by atoms with van der Waals surface area (Å²) in [7, 11) is 0.726. The minimum atomic E-state index is -2.64. The van der Waals surface area contributed by atoms with Crippen molar-refractivity contribution in [2.24, 2.45) is 5.73 Å². The van der Waals surface area contributed by atoms with Gasteiger partial charge in [0.2, 0.25) is 0 Å². The average Bonchev–Trinajstić information content (AvgIpc) is 2.79. The van der Waals surface area contributed by atoms with Crippen molar-refractivity contribution in [1.82, 2.24) is 16.0 Å². The molecular weight excluding hydrogens is 396 g/mol. The van der Waals surface area contributed by atoms with E-state index in [1.54, 1.807) is 14.2 Å². The van der Waals surface area contributed by atoms with Crippen LogP contribution >= 0.6 is 0 Å². The Bertz CT molecular complexity index is 532. The van der Waals surface area contributed by atoms with Crippen LogP contribution in [0.15, 0.2) is 43.0 Å². The second-order valence-corrected chi connectivity index (χ2v) is 10.2. The van der Waals surface area contributed by atoms with Crippen LogP contribution in [0.2, 0.25) is 6.04 Å². The molecule has 1 rings (SSSR count). The maximum Gasteiger partial charge on any atom is 0.500 e. The van der Waals surface area contributed by atoms with Gasteiger partial charge in [-0.25, -0.2) is 0 Å². The molecule has 0 saturated heterocycles. The Morgan fingerprint density at radius 2 is 1.80 bits per heavy atom. The zero-order valence-corrected chi connectivity index (χ0v) is 19.8. The summed E-state index contributed by atoms with van der Waals surface area (Å²) in [4.78, 5) is 0. The van der Waals surface area contributed by atoms with Crippen LogP contribution < -0.4 is 21.7 Å². The summed E-state index contributed by atoms with van der Waals surface area (Å²) in [6.45, 7) is 9.73. The van der Waals surface area contributed by atoms with Gasteiger partial charge in [-0.2, -0.15) is 0 Å². The van der Waals surface area contributed by atoms with E-state index in [0.29, 0.717) is 13.2 Å². The fourth-order valence-electron chi connectivity index (χ4n) is 3.09. The van der Waals surface area contributed by atoms with Gasteiger partial charge in [0.05, 0.1) is 0 Å². The molecule has 0 fully saturated rings. The topological polar surface area (TPSA) is 89.8 Å². The number of unbranched alkanes of at least 4 members (excludes halogenated alkanes) is 1. The first kappa shape index (κ1) is 26.9. The second kappa shape index (κ2) is 17.6. The molecule has 0 saturated carbocycles. The van der Waals surface area contributed by atoms with Gasteiger partial charge in [0.25, 0.3) is 0 Å². The fraction of sp³-hybridized carbons (Fsp3) is 0.636. The van der Waals surface area contributed by atoms with Crippen molar-refractivity contribution in [2.75, 3.05) is 53.6 Å². The summed E-state index contributed by atoms with van der Waals surface area (Å²) in [5.74, 6) is 0. The number of benzene rings is 1. The number of hydrogen-bond donors (Lipinski definition) is 4. The lowest BCUT2D eigenvalue weighted by Crippen LogP contribution is -2.45. The van der Waals surface area contributed by atoms with Gasteiger partial charge in [-0.1, -0.05) is 36.4 Å². The van der Waals surface area contributed by atoms with E-state index in [-0.39, 0.29) is 6.04 Å². The predicted octanol–water partition coefficient (Wildman–Crippen LogP) is 1.89. The molecule has 8 heteroatoms. The lowest BCUT2D eigenvalue weighted by molar-refractivity contribution is 0.0954. The molecule has 172 valence electrons. The average molecular weight is 439 g/mol. The zero-order chi connectivity index (χ0) is 21.9. The lowest BCUT2D eigenvalue weighted by Gasteiger charge is -2.28. The van der Waals surface area contributed by atoms with Crippen LogP contribution in [0.25, 0.3) is 0 Å². The summed E-state index contributed by atoms with van der Waals surface area (Å²) in [6, 6.07) is 11.4. The largest absolute Gasteiger partial charge is 0.500 e. The molecule has 30 heavy (non-hydrogen) atoms. The summed E-state index contributed by atoms with van der Waals surface area (Å²) in [5.41, 5.74) is 6.76. The molecule has 1 unspecified atom stereocenters. The number of rotatable bonds is 20. The monoisotopic (exact) mass is 438 g/mol. The lowest BCUT2D eigenvalue weighted by atomic mass is 10.2. The normalized spacial score (nSPS) is 12.8. The van der Waals surface area contributed by atoms with Crippen molar-refractivity contribution in [1.29, 1.82) is 0 Å². The summed E-state index contributed by atoms with van der Waals surface area (Å²) >= 11 is 0. The molecule has 5 N–H and O–H groups in total. The Morgan fingerprint density at radius 1 is 1.03 bits per heavy atom. The van der Waals surface area contributed by atoms with Crippen molar-refractivity contribution in [3.8, 4) is 0 Å². The minimum absolute atomic E-state index is 0.199. The highest BCUT2D eigenvalue weighted by molar-refractivity contribution is 6.60. The van der Waals surface area contributed by atoms with Crippen LogP contribution in [-0.2, 0) is 19.8 Å². The van der Waals surface area contributed by atoms with Gasteiger partial charge in [0.1, 0.15) is 0 Å². The molecule has 0 aromatic heterocycles. The highest BCUT2D eigenvalue weighted by atomic mass is 28.4. The molecule has 0 aliphatic carbocycles. The molecule has 0 radical (unpaired) electrons. The van der Waals surface area contributed by atoms with E-state index in [1.165, 1.54) is 5.56 Å². The van der Waals surface area contributed by atoms with Crippen LogP contribution in [0.1, 0.15) is 24.8 Å². The third-order valence-electron chi connectivity index (χ3n) is 4.94. The third-order valence-corrected chi connectivity index (χ3v) is 7.73. The van der Waals surface area contributed by atoms with Gasteiger partial charge >= 0.3 is 8.80 Å². The molecule has 0 aliphatic rings. The molecule has 7 nitrogen and oxygen atoms in total. The van der Waals surface area contributed by atoms with Gasteiger partial charge in [-0.15, -0.1) is 6.58 Å². The zero-order valence-electron chi connectivity index (χ0n) is 18.8. The van der Waals surface area contributed by atoms with Gasteiger partial charge in [0.15, 0.2) is 0 Å². The SMILES string of the molecule is C=CC(CC[Si](OC)(OC)OCCCCNCCN)NCCNCc1ccccc1. The predicted molar refractivity (Wildman–Crippen MR) is 126 cm³/mol. The highest BCUT2D eigenvalue weighted by Gasteiger charge is 2.38. The van der Waals surface area contributed by atoms with E-state index >= 15 is 0 Å². The van der Waals surface area contributed by atoms with E-state index in [1.807, 2.05) is 12.1 Å². The van der Waals surface area contributed by atoms with Gasteiger partial charge in [-0.05, 0) is 31.4 Å². The molecule has 0 amide bonds. The van der Waals surface area contributed by atoms with Gasteiger partial charge in [0, 0.05) is 65.6 Å². The van der Waals surface area contributed by atoms with Gasteiger partial charge in [-0.3, -0.25) is 0 Å². The van der Waals surface area contributed by atoms with Crippen molar-refractivity contribution >= 4 is 8.80 Å².